The Morgan fingerprint density at radius 1 is 0.964 bits per heavy atom. The van der Waals surface area contributed by atoms with Crippen LogP contribution in [0.15, 0.2) is 76.1 Å². The Hall–Kier alpha value is -2.71. The topological polar surface area (TPSA) is 75.3 Å². The van der Waals surface area contributed by atoms with Gasteiger partial charge in [0.1, 0.15) is 5.82 Å². The molecule has 0 saturated heterocycles. The Morgan fingerprint density at radius 3 is 2.36 bits per heavy atom. The zero-order valence-electron chi connectivity index (χ0n) is 14.7. The lowest BCUT2D eigenvalue weighted by atomic mass is 10.1. The first-order valence-corrected chi connectivity index (χ1v) is 10.5. The quantitative estimate of drug-likeness (QED) is 0.563. The SMILES string of the molecule is Cc1ccc(C(=O)Nc2ccc(Br)cc2F)cc1NS(=O)(=O)c1ccccc1. The van der Waals surface area contributed by atoms with Gasteiger partial charge in [-0.15, -0.1) is 0 Å². The average Bonchev–Trinajstić information content (AvgIpc) is 2.66. The summed E-state index contributed by atoms with van der Waals surface area (Å²) in [5, 5.41) is 2.48. The van der Waals surface area contributed by atoms with Crippen molar-refractivity contribution in [3.63, 3.8) is 0 Å². The van der Waals surface area contributed by atoms with E-state index >= 15 is 0 Å². The van der Waals surface area contributed by atoms with Gasteiger partial charge < -0.3 is 5.32 Å². The molecular weight excluding hydrogens is 447 g/mol. The molecule has 0 aromatic heterocycles. The second-order valence-corrected chi connectivity index (χ2v) is 8.62. The van der Waals surface area contributed by atoms with Crippen LogP contribution >= 0.6 is 15.9 Å². The molecule has 0 saturated carbocycles. The summed E-state index contributed by atoms with van der Waals surface area (Å²) in [6, 6.07) is 16.8. The fourth-order valence-corrected chi connectivity index (χ4v) is 3.94. The van der Waals surface area contributed by atoms with Gasteiger partial charge in [0, 0.05) is 10.0 Å². The lowest BCUT2D eigenvalue weighted by molar-refractivity contribution is 0.102. The summed E-state index contributed by atoms with van der Waals surface area (Å²) in [6.45, 7) is 1.72. The summed E-state index contributed by atoms with van der Waals surface area (Å²) in [4.78, 5) is 12.6. The third-order valence-electron chi connectivity index (χ3n) is 3.98. The molecule has 1 amide bonds. The predicted octanol–water partition coefficient (Wildman–Crippen LogP) is 4.95. The van der Waals surface area contributed by atoms with Crippen LogP contribution in [0.1, 0.15) is 15.9 Å². The Morgan fingerprint density at radius 2 is 1.68 bits per heavy atom. The summed E-state index contributed by atoms with van der Waals surface area (Å²) in [6.07, 6.45) is 0. The largest absolute Gasteiger partial charge is 0.319 e. The lowest BCUT2D eigenvalue weighted by Gasteiger charge is -2.13. The molecule has 0 fully saturated rings. The molecule has 3 aromatic rings. The van der Waals surface area contributed by atoms with E-state index in [1.807, 2.05) is 0 Å². The zero-order chi connectivity index (χ0) is 20.3. The molecule has 3 aromatic carbocycles. The minimum absolute atomic E-state index is 0.0280. The summed E-state index contributed by atoms with van der Waals surface area (Å²) >= 11 is 3.15. The fraction of sp³-hybridized carbons (Fsp3) is 0.0500. The van der Waals surface area contributed by atoms with Crippen molar-refractivity contribution < 1.29 is 17.6 Å². The number of aryl methyl sites for hydroxylation is 1. The molecule has 0 unspecified atom stereocenters. The van der Waals surface area contributed by atoms with Gasteiger partial charge in [-0.2, -0.15) is 0 Å². The number of sulfonamides is 1. The van der Waals surface area contributed by atoms with Crippen molar-refractivity contribution in [3.05, 3.63) is 88.1 Å². The van der Waals surface area contributed by atoms with Gasteiger partial charge in [0.25, 0.3) is 15.9 Å². The number of nitrogens with one attached hydrogen (secondary N) is 2. The van der Waals surface area contributed by atoms with Crippen LogP contribution in [0.2, 0.25) is 0 Å². The van der Waals surface area contributed by atoms with Crippen LogP contribution < -0.4 is 10.0 Å². The standard InChI is InChI=1S/C20H16BrFN2O3S/c1-13-7-8-14(20(25)23-18-10-9-15(21)12-17(18)22)11-19(13)24-28(26,27)16-5-3-2-4-6-16/h2-12,24H,1H3,(H,23,25). The summed E-state index contributed by atoms with van der Waals surface area (Å²) in [7, 11) is -3.80. The van der Waals surface area contributed by atoms with Gasteiger partial charge in [0.2, 0.25) is 0 Å². The first-order valence-electron chi connectivity index (χ1n) is 8.21. The normalized spacial score (nSPS) is 11.1. The van der Waals surface area contributed by atoms with Crippen LogP contribution in [0.25, 0.3) is 0 Å². The van der Waals surface area contributed by atoms with Gasteiger partial charge in [-0.1, -0.05) is 40.2 Å². The van der Waals surface area contributed by atoms with Gasteiger partial charge in [-0.05, 0) is 55.0 Å². The third-order valence-corrected chi connectivity index (χ3v) is 5.85. The predicted molar refractivity (Wildman–Crippen MR) is 110 cm³/mol. The van der Waals surface area contributed by atoms with Crippen LogP contribution in [0.5, 0.6) is 0 Å². The van der Waals surface area contributed by atoms with E-state index in [9.17, 15) is 17.6 Å². The summed E-state index contributed by atoms with van der Waals surface area (Å²) < 4.78 is 42.1. The summed E-state index contributed by atoms with van der Waals surface area (Å²) in [5.41, 5.74) is 1.14. The number of halogens is 2. The highest BCUT2D eigenvalue weighted by Crippen LogP contribution is 2.23. The van der Waals surface area contributed by atoms with E-state index in [2.05, 4.69) is 26.0 Å². The van der Waals surface area contributed by atoms with E-state index in [0.29, 0.717) is 10.0 Å². The monoisotopic (exact) mass is 462 g/mol. The highest BCUT2D eigenvalue weighted by atomic mass is 79.9. The third kappa shape index (κ3) is 4.58. The van der Waals surface area contributed by atoms with E-state index in [1.54, 1.807) is 43.3 Å². The first kappa shape index (κ1) is 20.0. The first-order chi connectivity index (χ1) is 13.3. The molecule has 0 aliphatic rings. The van der Waals surface area contributed by atoms with Crippen LogP contribution in [-0.2, 0) is 10.0 Å². The van der Waals surface area contributed by atoms with Crippen molar-refractivity contribution >= 4 is 43.2 Å². The Labute approximate surface area is 170 Å². The molecule has 0 radical (unpaired) electrons. The van der Waals surface area contributed by atoms with Crippen LogP contribution in [0.4, 0.5) is 15.8 Å². The maximum atomic E-state index is 13.9. The van der Waals surface area contributed by atoms with E-state index in [0.717, 1.165) is 0 Å². The second kappa shape index (κ2) is 8.12. The van der Waals surface area contributed by atoms with Crippen molar-refractivity contribution in [1.82, 2.24) is 0 Å². The van der Waals surface area contributed by atoms with Crippen molar-refractivity contribution in [1.29, 1.82) is 0 Å². The number of rotatable bonds is 5. The van der Waals surface area contributed by atoms with E-state index in [-0.39, 0.29) is 21.8 Å². The smallest absolute Gasteiger partial charge is 0.261 e. The molecule has 28 heavy (non-hydrogen) atoms. The number of carbonyl (C=O) groups is 1. The van der Waals surface area contributed by atoms with Crippen molar-refractivity contribution in [2.45, 2.75) is 11.8 Å². The molecule has 2 N–H and O–H groups in total. The van der Waals surface area contributed by atoms with E-state index in [4.69, 9.17) is 0 Å². The Balaban J connectivity index is 1.86. The maximum absolute atomic E-state index is 13.9. The van der Waals surface area contributed by atoms with Gasteiger partial charge in [-0.25, -0.2) is 12.8 Å². The van der Waals surface area contributed by atoms with Crippen LogP contribution in [0.3, 0.4) is 0 Å². The van der Waals surface area contributed by atoms with Gasteiger partial charge in [-0.3, -0.25) is 9.52 Å². The lowest BCUT2D eigenvalue weighted by Crippen LogP contribution is -2.16. The number of amides is 1. The minimum atomic E-state index is -3.80. The summed E-state index contributed by atoms with van der Waals surface area (Å²) in [5.74, 6) is -1.14. The molecule has 0 aliphatic heterocycles. The molecule has 8 heteroatoms. The molecule has 0 heterocycles. The van der Waals surface area contributed by atoms with Gasteiger partial charge >= 0.3 is 0 Å². The van der Waals surface area contributed by atoms with Crippen LogP contribution in [-0.4, -0.2) is 14.3 Å². The minimum Gasteiger partial charge on any atom is -0.319 e. The van der Waals surface area contributed by atoms with E-state index in [1.165, 1.54) is 30.3 Å². The average molecular weight is 463 g/mol. The molecular formula is C20H16BrFN2O3S. The second-order valence-electron chi connectivity index (χ2n) is 6.03. The molecule has 0 bridgehead atoms. The number of carbonyl (C=O) groups excluding carboxylic acids is 1. The van der Waals surface area contributed by atoms with Gasteiger partial charge in [0.05, 0.1) is 16.3 Å². The highest BCUT2D eigenvalue weighted by Gasteiger charge is 2.17. The molecule has 0 atom stereocenters. The molecule has 3 rings (SSSR count). The number of hydrogen-bond donors (Lipinski definition) is 2. The number of hydrogen-bond acceptors (Lipinski definition) is 3. The van der Waals surface area contributed by atoms with Crippen molar-refractivity contribution in [2.75, 3.05) is 10.0 Å². The number of anilines is 2. The molecule has 5 nitrogen and oxygen atoms in total. The fourth-order valence-electron chi connectivity index (χ4n) is 2.46. The Kier molecular flexibility index (Phi) is 5.81. The van der Waals surface area contributed by atoms with E-state index < -0.39 is 21.7 Å². The van der Waals surface area contributed by atoms with Crippen molar-refractivity contribution in [2.24, 2.45) is 0 Å². The number of benzene rings is 3. The molecule has 144 valence electrons. The maximum Gasteiger partial charge on any atom is 0.261 e. The molecule has 0 spiro atoms. The zero-order valence-corrected chi connectivity index (χ0v) is 17.1. The van der Waals surface area contributed by atoms with Gasteiger partial charge in [0.15, 0.2) is 0 Å². The van der Waals surface area contributed by atoms with Crippen LogP contribution in [0, 0.1) is 12.7 Å². The highest BCUT2D eigenvalue weighted by molar-refractivity contribution is 9.10. The molecule has 0 aliphatic carbocycles. The Bertz CT molecular complexity index is 1140. The van der Waals surface area contributed by atoms with Crippen molar-refractivity contribution in [3.8, 4) is 0 Å².